The minimum atomic E-state index is -0.593. The Kier molecular flexibility index (Phi) is 7.57. The summed E-state index contributed by atoms with van der Waals surface area (Å²) in [6.45, 7) is 23.5. The van der Waals surface area contributed by atoms with Gasteiger partial charge in [0.25, 0.3) is 0 Å². The Bertz CT molecular complexity index is 1410. The number of benzene rings is 4. The van der Waals surface area contributed by atoms with Gasteiger partial charge in [-0.1, -0.05) is 128 Å². The molecule has 3 heteroatoms. The normalized spacial score (nSPS) is 15.9. The Balaban J connectivity index is 1.80. The molecule has 0 unspecified atom stereocenters. The van der Waals surface area contributed by atoms with E-state index in [9.17, 15) is 0 Å². The summed E-state index contributed by atoms with van der Waals surface area (Å²) in [5.74, 6) is 2.15. The van der Waals surface area contributed by atoms with Crippen LogP contribution >= 0.6 is 15.8 Å². The highest BCUT2D eigenvalue weighted by Crippen LogP contribution is 2.53. The number of hydrogen-bond donors (Lipinski definition) is 0. The first-order chi connectivity index (χ1) is 18.7. The fraction of sp³-hybridized carbons (Fsp3) is 0.351. The summed E-state index contributed by atoms with van der Waals surface area (Å²) in [5.41, 5.74) is 5.25. The Morgan fingerprint density at radius 2 is 0.900 bits per heavy atom. The van der Waals surface area contributed by atoms with Crippen molar-refractivity contribution in [3.63, 3.8) is 0 Å². The molecule has 1 nitrogen and oxygen atoms in total. The minimum absolute atomic E-state index is 0.0382. The van der Waals surface area contributed by atoms with Gasteiger partial charge < -0.3 is 4.74 Å². The lowest BCUT2D eigenvalue weighted by atomic mass is 9.72. The summed E-state index contributed by atoms with van der Waals surface area (Å²) in [4.78, 5) is 0. The first-order valence-corrected chi connectivity index (χ1v) is 17.9. The second-order valence-electron chi connectivity index (χ2n) is 13.8. The Labute approximate surface area is 244 Å². The molecule has 0 fully saturated rings. The first kappa shape index (κ1) is 29.0. The zero-order valence-electron chi connectivity index (χ0n) is 25.9. The van der Waals surface area contributed by atoms with Crippen molar-refractivity contribution in [2.24, 2.45) is 0 Å². The second kappa shape index (κ2) is 10.4. The van der Waals surface area contributed by atoms with Gasteiger partial charge >= 0.3 is 0 Å². The van der Waals surface area contributed by atoms with E-state index in [0.29, 0.717) is 0 Å². The van der Waals surface area contributed by atoms with Crippen LogP contribution in [0.25, 0.3) is 0 Å². The van der Waals surface area contributed by atoms with E-state index in [1.165, 1.54) is 43.5 Å². The molecule has 4 aromatic rings. The molecule has 0 aliphatic carbocycles. The fourth-order valence-corrected chi connectivity index (χ4v) is 8.96. The van der Waals surface area contributed by atoms with Crippen LogP contribution in [0.3, 0.4) is 0 Å². The molecule has 0 spiro atoms. The number of ether oxygens (including phenoxy) is 1. The van der Waals surface area contributed by atoms with Gasteiger partial charge in [0.2, 0.25) is 0 Å². The maximum absolute atomic E-state index is 7.23. The third kappa shape index (κ3) is 5.29. The van der Waals surface area contributed by atoms with E-state index >= 15 is 0 Å². The summed E-state index contributed by atoms with van der Waals surface area (Å²) in [6.07, 6.45) is 0. The van der Waals surface area contributed by atoms with Crippen LogP contribution in [0, 0.1) is 0 Å². The molecular weight excluding hydrogens is 522 g/mol. The van der Waals surface area contributed by atoms with Gasteiger partial charge in [0.15, 0.2) is 0 Å². The first-order valence-electron chi connectivity index (χ1n) is 14.3. The molecule has 0 bridgehead atoms. The molecule has 1 aliphatic heterocycles. The Hall–Kier alpha value is -2.46. The molecular formula is C37H44OP2. The second-order valence-corrected chi connectivity index (χ2v) is 18.0. The molecule has 0 saturated carbocycles. The van der Waals surface area contributed by atoms with E-state index in [2.05, 4.69) is 154 Å². The van der Waals surface area contributed by atoms with E-state index < -0.39 is 15.8 Å². The lowest BCUT2D eigenvalue weighted by Gasteiger charge is -2.40. The van der Waals surface area contributed by atoms with Crippen molar-refractivity contribution in [1.82, 2.24) is 0 Å². The predicted molar refractivity (Wildman–Crippen MR) is 180 cm³/mol. The van der Waals surface area contributed by atoms with E-state index in [1.807, 2.05) is 0 Å². The van der Waals surface area contributed by atoms with Gasteiger partial charge in [0, 0.05) is 27.2 Å². The molecule has 0 amide bonds. The van der Waals surface area contributed by atoms with Gasteiger partial charge in [-0.25, -0.2) is 0 Å². The highest BCUT2D eigenvalue weighted by atomic mass is 31.1. The summed E-state index contributed by atoms with van der Waals surface area (Å²) >= 11 is 0. The number of rotatable bonds is 4. The predicted octanol–water partition coefficient (Wildman–Crippen LogP) is 8.84. The Morgan fingerprint density at radius 1 is 0.550 bits per heavy atom. The van der Waals surface area contributed by atoms with E-state index in [0.717, 1.165) is 11.5 Å². The van der Waals surface area contributed by atoms with Crippen LogP contribution < -0.4 is 26.0 Å². The summed E-state index contributed by atoms with van der Waals surface area (Å²) in [5, 5.41) is 5.44. The van der Waals surface area contributed by atoms with E-state index in [4.69, 9.17) is 4.74 Å². The minimum Gasteiger partial charge on any atom is -0.455 e. The van der Waals surface area contributed by atoms with Crippen LogP contribution in [0.5, 0.6) is 11.5 Å². The lowest BCUT2D eigenvalue weighted by Crippen LogP contribution is -2.33. The van der Waals surface area contributed by atoms with Crippen LogP contribution in [-0.2, 0) is 16.2 Å². The average molecular weight is 567 g/mol. The van der Waals surface area contributed by atoms with Crippen LogP contribution in [-0.4, -0.2) is 13.3 Å². The monoisotopic (exact) mass is 566 g/mol. The van der Waals surface area contributed by atoms with Gasteiger partial charge in [-0.3, -0.25) is 0 Å². The van der Waals surface area contributed by atoms with Crippen LogP contribution in [0.4, 0.5) is 0 Å². The van der Waals surface area contributed by atoms with Gasteiger partial charge in [0.05, 0.1) is 0 Å². The van der Waals surface area contributed by atoms with E-state index in [-0.39, 0.29) is 16.2 Å². The largest absolute Gasteiger partial charge is 0.455 e. The van der Waals surface area contributed by atoms with Crippen molar-refractivity contribution in [2.45, 2.75) is 71.6 Å². The molecule has 4 aromatic carbocycles. The van der Waals surface area contributed by atoms with Crippen molar-refractivity contribution in [3.05, 3.63) is 107 Å². The zero-order chi connectivity index (χ0) is 29.0. The zero-order valence-corrected chi connectivity index (χ0v) is 27.7. The van der Waals surface area contributed by atoms with Gasteiger partial charge in [-0.15, -0.1) is 0 Å². The van der Waals surface area contributed by atoms with Crippen LogP contribution in [0.2, 0.25) is 0 Å². The standard InChI is InChI=1S/C37H44OP2/c1-35(2,3)25-21-29-33(31(23-25)39(9)27-17-13-11-14-18-27)38-34-30(37(29,7)8)22-26(36(4,5)6)24-32(34)40(10)28-19-15-12-16-20-28/h11-24H,1-10H3/t39-,40-/m0/s1. The van der Waals surface area contributed by atoms with E-state index in [1.54, 1.807) is 0 Å². The molecule has 2 atom stereocenters. The Morgan fingerprint density at radius 3 is 1.23 bits per heavy atom. The fourth-order valence-electron chi connectivity index (χ4n) is 5.56. The molecule has 5 rings (SSSR count). The average Bonchev–Trinajstić information content (AvgIpc) is 2.91. The quantitative estimate of drug-likeness (QED) is 0.224. The molecule has 40 heavy (non-hydrogen) atoms. The van der Waals surface area contributed by atoms with Crippen molar-refractivity contribution in [1.29, 1.82) is 0 Å². The van der Waals surface area contributed by atoms with Crippen molar-refractivity contribution >= 4 is 37.1 Å². The van der Waals surface area contributed by atoms with Gasteiger partial charge in [0.1, 0.15) is 11.5 Å². The molecule has 0 aromatic heterocycles. The third-order valence-electron chi connectivity index (χ3n) is 8.43. The smallest absolute Gasteiger partial charge is 0.139 e. The highest BCUT2D eigenvalue weighted by molar-refractivity contribution is 7.72. The number of fused-ring (bicyclic) bond motifs is 2. The summed E-state index contributed by atoms with van der Waals surface area (Å²) in [6, 6.07) is 31.7. The van der Waals surface area contributed by atoms with Crippen molar-refractivity contribution < 1.29 is 4.74 Å². The molecule has 1 aliphatic rings. The molecule has 0 radical (unpaired) electrons. The van der Waals surface area contributed by atoms with Crippen LogP contribution in [0.15, 0.2) is 84.9 Å². The van der Waals surface area contributed by atoms with Gasteiger partial charge in [-0.05, 0) is 73.9 Å². The summed E-state index contributed by atoms with van der Waals surface area (Å²) < 4.78 is 7.23. The van der Waals surface area contributed by atoms with Crippen molar-refractivity contribution in [3.8, 4) is 11.5 Å². The van der Waals surface area contributed by atoms with Crippen molar-refractivity contribution in [2.75, 3.05) is 13.3 Å². The SMILES string of the molecule is C[P@@](c1ccccc1)c1cc(C(C)(C)C)cc2c1Oc1c([P@@](C)c3ccccc3)cc(C(C)(C)C)cc1C2(C)C. The topological polar surface area (TPSA) is 9.23 Å². The lowest BCUT2D eigenvalue weighted by molar-refractivity contribution is 0.421. The third-order valence-corrected chi connectivity index (χ3v) is 12.7. The maximum atomic E-state index is 7.23. The summed E-state index contributed by atoms with van der Waals surface area (Å²) in [7, 11) is -1.19. The van der Waals surface area contributed by atoms with Crippen LogP contribution in [0.1, 0.15) is 77.6 Å². The maximum Gasteiger partial charge on any atom is 0.139 e. The molecule has 0 saturated heterocycles. The number of hydrogen-bond acceptors (Lipinski definition) is 1. The highest BCUT2D eigenvalue weighted by Gasteiger charge is 2.40. The van der Waals surface area contributed by atoms with Gasteiger partial charge in [-0.2, -0.15) is 0 Å². The molecule has 0 N–H and O–H groups in total. The molecule has 208 valence electrons. The molecule has 1 heterocycles.